The SMILES string of the molecule is CN=C(NCCCc1cccc(OC)c1)NCc1ccccc1F. The van der Waals surface area contributed by atoms with E-state index in [-0.39, 0.29) is 5.82 Å². The van der Waals surface area contributed by atoms with Gasteiger partial charge in [-0.2, -0.15) is 0 Å². The highest BCUT2D eigenvalue weighted by molar-refractivity contribution is 5.79. The molecule has 0 heterocycles. The molecule has 0 radical (unpaired) electrons. The van der Waals surface area contributed by atoms with Crippen LogP contribution in [0.4, 0.5) is 4.39 Å². The Kier molecular flexibility index (Phi) is 7.08. The summed E-state index contributed by atoms with van der Waals surface area (Å²) in [5.41, 5.74) is 1.86. The fraction of sp³-hybridized carbons (Fsp3) is 0.316. The van der Waals surface area contributed by atoms with Crippen molar-refractivity contribution in [3.63, 3.8) is 0 Å². The molecule has 4 nitrogen and oxygen atoms in total. The second-order valence-electron chi connectivity index (χ2n) is 5.40. The Morgan fingerprint density at radius 2 is 1.96 bits per heavy atom. The van der Waals surface area contributed by atoms with Crippen LogP contribution in [0.15, 0.2) is 53.5 Å². The van der Waals surface area contributed by atoms with Crippen molar-refractivity contribution >= 4 is 5.96 Å². The highest BCUT2D eigenvalue weighted by Crippen LogP contribution is 2.13. The van der Waals surface area contributed by atoms with Gasteiger partial charge >= 0.3 is 0 Å². The predicted molar refractivity (Wildman–Crippen MR) is 95.9 cm³/mol. The number of ether oxygens (including phenoxy) is 1. The summed E-state index contributed by atoms with van der Waals surface area (Å²) >= 11 is 0. The first-order valence-corrected chi connectivity index (χ1v) is 8.04. The third kappa shape index (κ3) is 5.57. The van der Waals surface area contributed by atoms with Crippen molar-refractivity contribution in [1.29, 1.82) is 0 Å². The lowest BCUT2D eigenvalue weighted by atomic mass is 10.1. The third-order valence-electron chi connectivity index (χ3n) is 3.70. The molecule has 0 saturated carbocycles. The molecule has 0 aliphatic rings. The zero-order chi connectivity index (χ0) is 17.2. The average molecular weight is 329 g/mol. The summed E-state index contributed by atoms with van der Waals surface area (Å²) in [6.07, 6.45) is 1.92. The Hall–Kier alpha value is -2.56. The third-order valence-corrected chi connectivity index (χ3v) is 3.70. The molecule has 0 unspecified atom stereocenters. The number of rotatable bonds is 7. The van der Waals surface area contributed by atoms with Gasteiger partial charge in [0.05, 0.1) is 7.11 Å². The lowest BCUT2D eigenvalue weighted by molar-refractivity contribution is 0.414. The molecule has 0 aromatic heterocycles. The summed E-state index contributed by atoms with van der Waals surface area (Å²) in [5, 5.41) is 6.37. The molecular formula is C19H24FN3O. The minimum atomic E-state index is -0.210. The minimum Gasteiger partial charge on any atom is -0.497 e. The van der Waals surface area contributed by atoms with Crippen molar-refractivity contribution in [1.82, 2.24) is 10.6 Å². The predicted octanol–water partition coefficient (Wildman–Crippen LogP) is 3.13. The van der Waals surface area contributed by atoms with Gasteiger partial charge in [0.15, 0.2) is 5.96 Å². The maximum atomic E-state index is 13.6. The van der Waals surface area contributed by atoms with Gasteiger partial charge in [-0.3, -0.25) is 4.99 Å². The monoisotopic (exact) mass is 329 g/mol. The maximum absolute atomic E-state index is 13.6. The molecule has 0 aliphatic heterocycles. The van der Waals surface area contributed by atoms with Gasteiger partial charge in [-0.25, -0.2) is 4.39 Å². The summed E-state index contributed by atoms with van der Waals surface area (Å²) in [5.74, 6) is 1.34. The second-order valence-corrected chi connectivity index (χ2v) is 5.40. The van der Waals surface area contributed by atoms with E-state index >= 15 is 0 Å². The van der Waals surface area contributed by atoms with Crippen LogP contribution in [-0.4, -0.2) is 26.7 Å². The highest BCUT2D eigenvalue weighted by Gasteiger charge is 2.02. The average Bonchev–Trinajstić information content (AvgIpc) is 2.62. The molecule has 2 N–H and O–H groups in total. The van der Waals surface area contributed by atoms with Crippen LogP contribution in [0.25, 0.3) is 0 Å². The largest absolute Gasteiger partial charge is 0.497 e. The van der Waals surface area contributed by atoms with Gasteiger partial charge in [0.2, 0.25) is 0 Å². The summed E-state index contributed by atoms with van der Waals surface area (Å²) < 4.78 is 18.8. The number of halogens is 1. The van der Waals surface area contributed by atoms with Gasteiger partial charge in [0, 0.05) is 25.7 Å². The van der Waals surface area contributed by atoms with Crippen LogP contribution < -0.4 is 15.4 Å². The fourth-order valence-electron chi connectivity index (χ4n) is 2.37. The molecule has 2 aromatic rings. The van der Waals surface area contributed by atoms with Gasteiger partial charge in [-0.1, -0.05) is 30.3 Å². The quantitative estimate of drug-likeness (QED) is 0.466. The highest BCUT2D eigenvalue weighted by atomic mass is 19.1. The molecule has 5 heteroatoms. The lowest BCUT2D eigenvalue weighted by Crippen LogP contribution is -2.37. The van der Waals surface area contributed by atoms with Crippen molar-refractivity contribution < 1.29 is 9.13 Å². The van der Waals surface area contributed by atoms with Crippen molar-refractivity contribution in [2.75, 3.05) is 20.7 Å². The number of hydrogen-bond acceptors (Lipinski definition) is 2. The number of nitrogens with one attached hydrogen (secondary N) is 2. The van der Waals surface area contributed by atoms with Gasteiger partial charge in [0.25, 0.3) is 0 Å². The van der Waals surface area contributed by atoms with Crippen molar-refractivity contribution in [3.8, 4) is 5.75 Å². The summed E-state index contributed by atoms with van der Waals surface area (Å²) in [7, 11) is 3.38. The van der Waals surface area contributed by atoms with Crippen LogP contribution in [0.3, 0.4) is 0 Å². The van der Waals surface area contributed by atoms with Crippen LogP contribution in [0.5, 0.6) is 5.75 Å². The van der Waals surface area contributed by atoms with E-state index in [2.05, 4.69) is 21.7 Å². The molecule has 0 saturated heterocycles. The molecule has 2 rings (SSSR count). The normalized spacial score (nSPS) is 11.2. The molecule has 0 amide bonds. The minimum absolute atomic E-state index is 0.210. The molecular weight excluding hydrogens is 305 g/mol. The van der Waals surface area contributed by atoms with Crippen LogP contribution in [0.1, 0.15) is 17.5 Å². The number of hydrogen-bond donors (Lipinski definition) is 2. The summed E-state index contributed by atoms with van der Waals surface area (Å²) in [4.78, 5) is 4.16. The Labute approximate surface area is 142 Å². The van der Waals surface area contributed by atoms with Gasteiger partial charge in [-0.05, 0) is 36.6 Å². The molecule has 2 aromatic carbocycles. The first kappa shape index (κ1) is 17.8. The second kappa shape index (κ2) is 9.55. The number of nitrogens with zero attached hydrogens (tertiary/aromatic N) is 1. The van der Waals surface area contributed by atoms with E-state index < -0.39 is 0 Å². The Morgan fingerprint density at radius 1 is 1.12 bits per heavy atom. The van der Waals surface area contributed by atoms with Crippen molar-refractivity contribution in [3.05, 3.63) is 65.5 Å². The maximum Gasteiger partial charge on any atom is 0.191 e. The van der Waals surface area contributed by atoms with E-state index in [0.717, 1.165) is 25.1 Å². The van der Waals surface area contributed by atoms with Gasteiger partial charge in [-0.15, -0.1) is 0 Å². The smallest absolute Gasteiger partial charge is 0.191 e. The van der Waals surface area contributed by atoms with Gasteiger partial charge < -0.3 is 15.4 Å². The van der Waals surface area contributed by atoms with Crippen LogP contribution >= 0.6 is 0 Å². The molecule has 0 fully saturated rings. The number of aliphatic imine (C=N–C) groups is 1. The van der Waals surface area contributed by atoms with E-state index in [9.17, 15) is 4.39 Å². The van der Waals surface area contributed by atoms with Crippen molar-refractivity contribution in [2.45, 2.75) is 19.4 Å². The molecule has 0 spiro atoms. The molecule has 0 bridgehead atoms. The lowest BCUT2D eigenvalue weighted by Gasteiger charge is -2.12. The van der Waals surface area contributed by atoms with Crippen LogP contribution in [-0.2, 0) is 13.0 Å². The first-order valence-electron chi connectivity index (χ1n) is 8.04. The van der Waals surface area contributed by atoms with Crippen LogP contribution in [0.2, 0.25) is 0 Å². The number of aryl methyl sites for hydroxylation is 1. The van der Waals surface area contributed by atoms with E-state index in [4.69, 9.17) is 4.74 Å². The summed E-state index contributed by atoms with van der Waals surface area (Å²) in [6.45, 7) is 1.19. The van der Waals surface area contributed by atoms with E-state index in [1.807, 2.05) is 24.3 Å². The summed E-state index contributed by atoms with van der Waals surface area (Å²) in [6, 6.07) is 14.8. The van der Waals surface area contributed by atoms with E-state index in [1.54, 1.807) is 26.3 Å². The number of benzene rings is 2. The zero-order valence-electron chi connectivity index (χ0n) is 14.2. The topological polar surface area (TPSA) is 45.7 Å². The van der Waals surface area contributed by atoms with E-state index in [1.165, 1.54) is 11.6 Å². The Bertz CT molecular complexity index is 673. The first-order chi connectivity index (χ1) is 11.7. The fourth-order valence-corrected chi connectivity index (χ4v) is 2.37. The molecule has 24 heavy (non-hydrogen) atoms. The molecule has 128 valence electrons. The number of methoxy groups -OCH3 is 1. The van der Waals surface area contributed by atoms with Crippen molar-refractivity contribution in [2.24, 2.45) is 4.99 Å². The number of guanidine groups is 1. The Morgan fingerprint density at radius 3 is 2.71 bits per heavy atom. The Balaban J connectivity index is 1.73. The molecule has 0 aliphatic carbocycles. The van der Waals surface area contributed by atoms with E-state index in [0.29, 0.717) is 18.1 Å². The van der Waals surface area contributed by atoms with Gasteiger partial charge in [0.1, 0.15) is 11.6 Å². The molecule has 0 atom stereocenters. The zero-order valence-corrected chi connectivity index (χ0v) is 14.2. The van der Waals surface area contributed by atoms with Crippen LogP contribution in [0, 0.1) is 5.82 Å². The standard InChI is InChI=1S/C19H24FN3O/c1-21-19(23-14-16-9-3-4-11-18(16)20)22-12-6-8-15-7-5-10-17(13-15)24-2/h3-5,7,9-11,13H,6,8,12,14H2,1-2H3,(H2,21,22,23).